The lowest BCUT2D eigenvalue weighted by atomic mass is 9.83. The largest absolute Gasteiger partial charge is 0.504 e. The van der Waals surface area contributed by atoms with Gasteiger partial charge in [0.1, 0.15) is 5.25 Å². The van der Waals surface area contributed by atoms with Gasteiger partial charge in [0.05, 0.1) is 23.2 Å². The lowest BCUT2D eigenvalue weighted by Gasteiger charge is -2.30. The predicted octanol–water partition coefficient (Wildman–Crippen LogP) is 3.34. The number of para-hydroxylation sites is 1. The smallest absolute Gasteiger partial charge is 0.305 e. The first-order valence-electron chi connectivity index (χ1n) is 9.77. The molecule has 2 N–H and O–H groups in total. The number of aromatic hydroxyl groups is 1. The monoisotopic (exact) mass is 454 g/mol. The van der Waals surface area contributed by atoms with Crippen molar-refractivity contribution in [1.82, 2.24) is 4.98 Å². The first-order chi connectivity index (χ1) is 15.0. The van der Waals surface area contributed by atoms with Gasteiger partial charge >= 0.3 is 4.87 Å². The van der Waals surface area contributed by atoms with Gasteiger partial charge in [0, 0.05) is 10.8 Å². The molecule has 0 aliphatic carbocycles. The van der Waals surface area contributed by atoms with Gasteiger partial charge in [-0.05, 0) is 36.8 Å². The Hall–Kier alpha value is -3.04. The summed E-state index contributed by atoms with van der Waals surface area (Å²) in [4.78, 5) is 43.5. The van der Waals surface area contributed by atoms with Crippen molar-refractivity contribution in [2.45, 2.75) is 23.1 Å². The number of aromatic nitrogens is 1. The third kappa shape index (κ3) is 3.16. The Morgan fingerprint density at radius 2 is 1.87 bits per heavy atom. The number of imide groups is 1. The topological polar surface area (TPSA) is 99.7 Å². The molecule has 2 amide bonds. The van der Waals surface area contributed by atoms with E-state index < -0.39 is 17.1 Å². The first-order valence-corrected chi connectivity index (χ1v) is 11.5. The molecule has 3 aromatic rings. The third-order valence-electron chi connectivity index (χ3n) is 5.48. The molecule has 5 rings (SSSR count). The number of fused-ring (bicyclic) bond motifs is 2. The minimum Gasteiger partial charge on any atom is -0.504 e. The van der Waals surface area contributed by atoms with Crippen molar-refractivity contribution in [2.24, 2.45) is 5.92 Å². The molecule has 7 nitrogen and oxygen atoms in total. The predicted molar refractivity (Wildman–Crippen MR) is 118 cm³/mol. The molecule has 2 aliphatic heterocycles. The highest BCUT2D eigenvalue weighted by molar-refractivity contribution is 8.00. The molecular formula is C22H18N2O5S2. The quantitative estimate of drug-likeness (QED) is 0.587. The van der Waals surface area contributed by atoms with Gasteiger partial charge in [-0.3, -0.25) is 14.4 Å². The number of thioether (sulfide) groups is 1. The highest BCUT2D eigenvalue weighted by Crippen LogP contribution is 2.53. The van der Waals surface area contributed by atoms with E-state index in [1.54, 1.807) is 36.4 Å². The number of benzene rings is 2. The van der Waals surface area contributed by atoms with Gasteiger partial charge in [0.15, 0.2) is 11.5 Å². The highest BCUT2D eigenvalue weighted by Gasteiger charge is 2.56. The van der Waals surface area contributed by atoms with Crippen molar-refractivity contribution in [1.29, 1.82) is 0 Å². The molecule has 0 saturated carbocycles. The number of H-pyrrole nitrogens is 1. The van der Waals surface area contributed by atoms with Crippen LogP contribution in [-0.4, -0.2) is 33.8 Å². The third-order valence-corrected chi connectivity index (χ3v) is 7.88. The highest BCUT2D eigenvalue weighted by atomic mass is 32.2. The second-order valence-corrected chi connectivity index (χ2v) is 9.42. The number of nitrogens with zero attached hydrogens (tertiary/aromatic N) is 1. The number of ether oxygens (including phenoxy) is 1. The summed E-state index contributed by atoms with van der Waals surface area (Å²) in [5.41, 5.74) is 1.24. The Balaban J connectivity index is 1.66. The van der Waals surface area contributed by atoms with Crippen LogP contribution in [0.4, 0.5) is 5.69 Å². The molecule has 3 atom stereocenters. The summed E-state index contributed by atoms with van der Waals surface area (Å²) in [6, 6.07) is 13.8. The summed E-state index contributed by atoms with van der Waals surface area (Å²) < 4.78 is 5.53. The molecule has 0 spiro atoms. The number of rotatable bonds is 4. The Kier molecular flexibility index (Phi) is 4.86. The van der Waals surface area contributed by atoms with Crippen LogP contribution in [0.3, 0.4) is 0 Å². The van der Waals surface area contributed by atoms with E-state index in [4.69, 9.17) is 4.74 Å². The van der Waals surface area contributed by atoms with E-state index in [2.05, 4.69) is 4.98 Å². The molecule has 2 aromatic carbocycles. The molecule has 1 saturated heterocycles. The van der Waals surface area contributed by atoms with E-state index in [9.17, 15) is 19.5 Å². The van der Waals surface area contributed by atoms with E-state index in [1.807, 2.05) is 13.0 Å². The number of carbonyl (C=O) groups excluding carboxylic acids is 2. The van der Waals surface area contributed by atoms with E-state index in [1.165, 1.54) is 22.7 Å². The van der Waals surface area contributed by atoms with Crippen LogP contribution in [0.5, 0.6) is 11.5 Å². The fraction of sp³-hybridized carbons (Fsp3) is 0.227. The SMILES string of the molecule is CCOc1cc([C@@H]2c3sc(=O)[nH]c3S[C@H]3C(=O)N(c4ccccc4)C(=O)[C@@H]23)ccc1O. The summed E-state index contributed by atoms with van der Waals surface area (Å²) >= 11 is 2.29. The number of hydrogen-bond acceptors (Lipinski definition) is 7. The van der Waals surface area contributed by atoms with E-state index in [-0.39, 0.29) is 22.4 Å². The zero-order valence-corrected chi connectivity index (χ0v) is 18.0. The summed E-state index contributed by atoms with van der Waals surface area (Å²) in [5, 5.41) is 10.1. The van der Waals surface area contributed by atoms with Gasteiger partial charge in [-0.15, -0.1) is 0 Å². The minimum atomic E-state index is -0.671. The van der Waals surface area contributed by atoms with E-state index in [0.717, 1.165) is 16.2 Å². The lowest BCUT2D eigenvalue weighted by Crippen LogP contribution is -2.32. The minimum absolute atomic E-state index is 0.00505. The molecule has 31 heavy (non-hydrogen) atoms. The molecule has 3 heterocycles. The Labute approximate surface area is 185 Å². The Bertz CT molecular complexity index is 1240. The van der Waals surface area contributed by atoms with E-state index in [0.29, 0.717) is 28.6 Å². The molecule has 0 radical (unpaired) electrons. The maximum absolute atomic E-state index is 13.6. The summed E-state index contributed by atoms with van der Waals surface area (Å²) in [5.74, 6) is -1.47. The van der Waals surface area contributed by atoms with E-state index >= 15 is 0 Å². The van der Waals surface area contributed by atoms with Crippen LogP contribution < -0.4 is 14.5 Å². The molecule has 1 aromatic heterocycles. The number of anilines is 1. The normalized spacial score (nSPS) is 22.4. The zero-order valence-electron chi connectivity index (χ0n) is 16.4. The van der Waals surface area contributed by atoms with Crippen molar-refractivity contribution in [3.05, 3.63) is 68.6 Å². The molecule has 2 aliphatic rings. The standard InChI is InChI=1S/C22H18N2O5S2/c1-2-29-14-10-11(8-9-13(14)25)15-16-18(30-19-17(15)31-22(28)23-19)21(27)24(20(16)26)12-6-4-3-5-7-12/h3-10,15-16,18,25H,2H2,1H3,(H,23,28)/t15-,16-,18+/m0/s1. The average molecular weight is 455 g/mol. The van der Waals surface area contributed by atoms with Crippen LogP contribution in [0, 0.1) is 5.92 Å². The fourth-order valence-corrected chi connectivity index (χ4v) is 6.72. The van der Waals surface area contributed by atoms with Gasteiger partial charge < -0.3 is 14.8 Å². The van der Waals surface area contributed by atoms with Gasteiger partial charge in [-0.2, -0.15) is 0 Å². The van der Waals surface area contributed by atoms with Crippen LogP contribution in [0.2, 0.25) is 0 Å². The number of carbonyl (C=O) groups is 2. The summed E-state index contributed by atoms with van der Waals surface area (Å²) in [6.07, 6.45) is 0. The van der Waals surface area contributed by atoms with Crippen LogP contribution in [0.25, 0.3) is 0 Å². The number of amides is 2. The summed E-state index contributed by atoms with van der Waals surface area (Å²) in [7, 11) is 0. The number of phenolic OH excluding ortho intramolecular Hbond substituents is 1. The molecule has 1 fully saturated rings. The maximum atomic E-state index is 13.6. The Morgan fingerprint density at radius 1 is 1.10 bits per heavy atom. The number of phenols is 1. The van der Waals surface area contributed by atoms with Crippen LogP contribution >= 0.6 is 23.1 Å². The maximum Gasteiger partial charge on any atom is 0.305 e. The number of hydrogen-bond donors (Lipinski definition) is 2. The van der Waals surface area contributed by atoms with Gasteiger partial charge in [0.25, 0.3) is 0 Å². The number of aromatic amines is 1. The van der Waals surface area contributed by atoms with Crippen molar-refractivity contribution >= 4 is 40.6 Å². The number of nitrogens with one attached hydrogen (secondary N) is 1. The van der Waals surface area contributed by atoms with Gasteiger partial charge in [0.2, 0.25) is 11.8 Å². The first kappa shape index (κ1) is 19.9. The van der Waals surface area contributed by atoms with Crippen molar-refractivity contribution in [3.8, 4) is 11.5 Å². The van der Waals surface area contributed by atoms with Crippen LogP contribution in [0.1, 0.15) is 23.3 Å². The van der Waals surface area contributed by atoms with Crippen LogP contribution in [0.15, 0.2) is 58.4 Å². The zero-order chi connectivity index (χ0) is 21.7. The van der Waals surface area contributed by atoms with Crippen molar-refractivity contribution in [3.63, 3.8) is 0 Å². The molecular weight excluding hydrogens is 436 g/mol. The average Bonchev–Trinajstić information content (AvgIpc) is 3.25. The molecule has 158 valence electrons. The fourth-order valence-electron chi connectivity index (χ4n) is 4.20. The second-order valence-electron chi connectivity index (χ2n) is 7.26. The molecule has 0 unspecified atom stereocenters. The van der Waals surface area contributed by atoms with Gasteiger partial charge in [-0.1, -0.05) is 47.4 Å². The summed E-state index contributed by atoms with van der Waals surface area (Å²) in [6.45, 7) is 2.18. The Morgan fingerprint density at radius 3 is 2.61 bits per heavy atom. The molecule has 9 heteroatoms. The lowest BCUT2D eigenvalue weighted by molar-refractivity contribution is -0.122. The van der Waals surface area contributed by atoms with Crippen molar-refractivity contribution < 1.29 is 19.4 Å². The second kappa shape index (κ2) is 7.58. The van der Waals surface area contributed by atoms with Crippen molar-refractivity contribution in [2.75, 3.05) is 11.5 Å². The van der Waals surface area contributed by atoms with Gasteiger partial charge in [-0.25, -0.2) is 4.90 Å². The molecule has 0 bridgehead atoms. The number of thiazole rings is 1. The van der Waals surface area contributed by atoms with Crippen LogP contribution in [-0.2, 0) is 9.59 Å².